The Bertz CT molecular complexity index is 99.5. The Balaban J connectivity index is 0. The Hall–Kier alpha value is -0.900. The van der Waals surface area contributed by atoms with Gasteiger partial charge in [0.2, 0.25) is 5.78 Å². The van der Waals surface area contributed by atoms with Crippen LogP contribution in [0.5, 0.6) is 0 Å². The Morgan fingerprint density at radius 2 is 1.75 bits per heavy atom. The lowest BCUT2D eigenvalue weighted by molar-refractivity contribution is -0.136. The Kier molecular flexibility index (Phi) is 5.41. The van der Waals surface area contributed by atoms with Crippen molar-refractivity contribution in [1.82, 2.24) is 5.32 Å². The summed E-state index contributed by atoms with van der Waals surface area (Å²) in [6.07, 6.45) is 0. The van der Waals surface area contributed by atoms with Crippen molar-refractivity contribution in [2.45, 2.75) is 6.92 Å². The van der Waals surface area contributed by atoms with Crippen LogP contribution in [0.25, 0.3) is 0 Å². The van der Waals surface area contributed by atoms with Gasteiger partial charge in [-0.15, -0.1) is 0 Å². The minimum absolute atomic E-state index is 0. The molecule has 0 unspecified atom stereocenters. The monoisotopic (exact) mass is 119 g/mol. The Morgan fingerprint density at radius 1 is 1.38 bits per heavy atom. The molecule has 8 heavy (non-hydrogen) atoms. The van der Waals surface area contributed by atoms with Crippen molar-refractivity contribution in [3.8, 4) is 0 Å². The summed E-state index contributed by atoms with van der Waals surface area (Å²) in [5.74, 6) is -0.998. The minimum Gasteiger partial charge on any atom is -0.412 e. The molecular formula is C4H9NO3. The predicted molar refractivity (Wildman–Crippen MR) is 28.4 cm³/mol. The summed E-state index contributed by atoms with van der Waals surface area (Å²) < 4.78 is 0. The molecule has 4 nitrogen and oxygen atoms in total. The summed E-state index contributed by atoms with van der Waals surface area (Å²) in [5, 5.41) is 2.18. The topological polar surface area (TPSA) is 77.7 Å². The largest absolute Gasteiger partial charge is 0.412 e. The molecule has 0 radical (unpaired) electrons. The highest BCUT2D eigenvalue weighted by Gasteiger charge is 2.00. The van der Waals surface area contributed by atoms with E-state index in [0.717, 1.165) is 0 Å². The SMILES string of the molecule is CNC(=O)C(C)=O.O. The first-order chi connectivity index (χ1) is 3.18. The molecule has 0 bridgehead atoms. The first-order valence-corrected chi connectivity index (χ1v) is 1.91. The lowest BCUT2D eigenvalue weighted by Crippen LogP contribution is -2.24. The van der Waals surface area contributed by atoms with Crippen molar-refractivity contribution >= 4 is 11.7 Å². The van der Waals surface area contributed by atoms with Gasteiger partial charge in [-0.1, -0.05) is 0 Å². The lowest BCUT2D eigenvalue weighted by Gasteiger charge is -1.86. The molecule has 0 atom stereocenters. The third kappa shape index (κ3) is 3.30. The van der Waals surface area contributed by atoms with Crippen LogP contribution in [-0.4, -0.2) is 24.2 Å². The third-order valence-electron chi connectivity index (χ3n) is 0.547. The summed E-state index contributed by atoms with van der Waals surface area (Å²) in [6.45, 7) is 1.22. The van der Waals surface area contributed by atoms with Crippen molar-refractivity contribution in [3.63, 3.8) is 0 Å². The maximum Gasteiger partial charge on any atom is 0.286 e. The molecule has 0 aromatic carbocycles. The molecule has 0 saturated heterocycles. The highest BCUT2D eigenvalue weighted by molar-refractivity contribution is 6.35. The predicted octanol–water partition coefficient (Wildman–Crippen LogP) is -1.50. The Labute approximate surface area is 47.2 Å². The highest BCUT2D eigenvalue weighted by Crippen LogP contribution is 1.63. The van der Waals surface area contributed by atoms with Crippen molar-refractivity contribution < 1.29 is 15.1 Å². The van der Waals surface area contributed by atoms with E-state index in [1.54, 1.807) is 0 Å². The second kappa shape index (κ2) is 4.26. The minimum atomic E-state index is -0.542. The number of ketones is 1. The van der Waals surface area contributed by atoms with Crippen molar-refractivity contribution in [2.24, 2.45) is 0 Å². The van der Waals surface area contributed by atoms with E-state index in [1.165, 1.54) is 14.0 Å². The number of nitrogens with one attached hydrogen (secondary N) is 1. The molecule has 0 heterocycles. The maximum atomic E-state index is 10.1. The molecule has 0 aliphatic carbocycles. The van der Waals surface area contributed by atoms with E-state index in [4.69, 9.17) is 0 Å². The Morgan fingerprint density at radius 3 is 1.75 bits per heavy atom. The molecule has 48 valence electrons. The summed E-state index contributed by atoms with van der Waals surface area (Å²) in [7, 11) is 1.42. The van der Waals surface area contributed by atoms with E-state index in [1.807, 2.05) is 0 Å². The van der Waals surface area contributed by atoms with Gasteiger partial charge < -0.3 is 10.8 Å². The summed E-state index contributed by atoms with van der Waals surface area (Å²) in [4.78, 5) is 20.0. The molecule has 1 amide bonds. The van der Waals surface area contributed by atoms with Crippen molar-refractivity contribution in [1.29, 1.82) is 0 Å². The number of amides is 1. The van der Waals surface area contributed by atoms with Crippen molar-refractivity contribution in [2.75, 3.05) is 7.05 Å². The highest BCUT2D eigenvalue weighted by atomic mass is 16.2. The van der Waals surface area contributed by atoms with Gasteiger partial charge in [0, 0.05) is 14.0 Å². The van der Waals surface area contributed by atoms with Crippen LogP contribution >= 0.6 is 0 Å². The smallest absolute Gasteiger partial charge is 0.286 e. The fourth-order valence-corrected chi connectivity index (χ4v) is 0.176. The number of hydrogen-bond acceptors (Lipinski definition) is 2. The van der Waals surface area contributed by atoms with Crippen LogP contribution < -0.4 is 5.32 Å². The van der Waals surface area contributed by atoms with E-state index in [9.17, 15) is 9.59 Å². The normalized spacial score (nSPS) is 6.75. The molecular weight excluding hydrogens is 110 g/mol. The van der Waals surface area contributed by atoms with Gasteiger partial charge in [0.1, 0.15) is 0 Å². The van der Waals surface area contributed by atoms with Crippen LogP contribution in [0.4, 0.5) is 0 Å². The van der Waals surface area contributed by atoms with Gasteiger partial charge in [-0.25, -0.2) is 0 Å². The molecule has 3 N–H and O–H groups in total. The first kappa shape index (κ1) is 10.2. The van der Waals surface area contributed by atoms with E-state index in [-0.39, 0.29) is 5.48 Å². The van der Waals surface area contributed by atoms with Crippen LogP contribution in [0, 0.1) is 0 Å². The van der Waals surface area contributed by atoms with Crippen molar-refractivity contribution in [3.05, 3.63) is 0 Å². The average molecular weight is 119 g/mol. The number of Topliss-reactive ketones (excluding diaryl/α,β-unsaturated/α-hetero) is 1. The fraction of sp³-hybridized carbons (Fsp3) is 0.500. The number of carbonyl (C=O) groups excluding carboxylic acids is 2. The lowest BCUT2D eigenvalue weighted by atomic mass is 10.4. The number of rotatable bonds is 1. The van der Waals surface area contributed by atoms with Gasteiger partial charge in [-0.3, -0.25) is 9.59 Å². The van der Waals surface area contributed by atoms with Gasteiger partial charge in [0.25, 0.3) is 5.91 Å². The third-order valence-corrected chi connectivity index (χ3v) is 0.547. The van der Waals surface area contributed by atoms with Crippen LogP contribution in [0.1, 0.15) is 6.92 Å². The van der Waals surface area contributed by atoms with Gasteiger partial charge in [-0.05, 0) is 0 Å². The fourth-order valence-electron chi connectivity index (χ4n) is 0.176. The average Bonchev–Trinajstić information content (AvgIpc) is 1.65. The van der Waals surface area contributed by atoms with Crippen LogP contribution in [0.15, 0.2) is 0 Å². The molecule has 4 heteroatoms. The van der Waals surface area contributed by atoms with E-state index >= 15 is 0 Å². The standard InChI is InChI=1S/C4H7NO2.H2O/c1-3(6)4(7)5-2;/h1-2H3,(H,5,7);1H2. The van der Waals surface area contributed by atoms with E-state index in [2.05, 4.69) is 5.32 Å². The molecule has 0 aliphatic heterocycles. The zero-order chi connectivity index (χ0) is 5.86. The number of likely N-dealkylation sites (N-methyl/N-ethyl adjacent to an activating group) is 1. The number of hydrogen-bond donors (Lipinski definition) is 1. The van der Waals surface area contributed by atoms with Crippen LogP contribution in [0.3, 0.4) is 0 Å². The molecule has 0 aromatic rings. The second-order valence-electron chi connectivity index (χ2n) is 1.14. The second-order valence-corrected chi connectivity index (χ2v) is 1.14. The van der Waals surface area contributed by atoms with Gasteiger partial charge in [0.15, 0.2) is 0 Å². The first-order valence-electron chi connectivity index (χ1n) is 1.91. The van der Waals surface area contributed by atoms with Crippen LogP contribution in [0.2, 0.25) is 0 Å². The summed E-state index contributed by atoms with van der Waals surface area (Å²) >= 11 is 0. The van der Waals surface area contributed by atoms with E-state index in [0.29, 0.717) is 0 Å². The van der Waals surface area contributed by atoms with Gasteiger partial charge in [-0.2, -0.15) is 0 Å². The quantitative estimate of drug-likeness (QED) is 0.426. The molecule has 0 aliphatic rings. The zero-order valence-electron chi connectivity index (χ0n) is 4.82. The summed E-state index contributed by atoms with van der Waals surface area (Å²) in [5.41, 5.74) is 0. The molecule has 0 rings (SSSR count). The maximum absolute atomic E-state index is 10.1. The van der Waals surface area contributed by atoms with Crippen LogP contribution in [-0.2, 0) is 9.59 Å². The molecule has 0 spiro atoms. The molecule has 0 aromatic heterocycles. The summed E-state index contributed by atoms with van der Waals surface area (Å²) in [6, 6.07) is 0. The molecule has 0 saturated carbocycles. The van der Waals surface area contributed by atoms with Gasteiger partial charge >= 0.3 is 0 Å². The van der Waals surface area contributed by atoms with Gasteiger partial charge in [0.05, 0.1) is 0 Å². The molecule has 0 fully saturated rings. The number of carbonyl (C=O) groups is 2. The zero-order valence-corrected chi connectivity index (χ0v) is 4.82. The van der Waals surface area contributed by atoms with E-state index < -0.39 is 11.7 Å².